The molecular formula is C18H17FN4O4S. The SMILES string of the molecule is COc1ccc(NC(=O)c2cn[nH]c2S(=O)(=O)Nc2ccc(C)cc2)c(F)c1. The Labute approximate surface area is 160 Å². The van der Waals surface area contributed by atoms with Crippen LogP contribution in [0.1, 0.15) is 15.9 Å². The van der Waals surface area contributed by atoms with Crippen molar-refractivity contribution in [1.82, 2.24) is 10.2 Å². The number of sulfonamides is 1. The van der Waals surface area contributed by atoms with Crippen molar-refractivity contribution < 1.29 is 22.3 Å². The number of ether oxygens (including phenoxy) is 1. The first kappa shape index (κ1) is 19.4. The molecule has 0 saturated heterocycles. The van der Waals surface area contributed by atoms with Gasteiger partial charge in [-0.25, -0.2) is 4.39 Å². The van der Waals surface area contributed by atoms with Gasteiger partial charge in [0, 0.05) is 11.8 Å². The number of aryl methyl sites for hydroxylation is 1. The van der Waals surface area contributed by atoms with E-state index in [-0.39, 0.29) is 17.0 Å². The van der Waals surface area contributed by atoms with E-state index in [1.54, 1.807) is 24.3 Å². The van der Waals surface area contributed by atoms with E-state index in [1.165, 1.54) is 19.2 Å². The molecular weight excluding hydrogens is 387 g/mol. The molecule has 0 spiro atoms. The van der Waals surface area contributed by atoms with Crippen LogP contribution in [0, 0.1) is 12.7 Å². The van der Waals surface area contributed by atoms with Crippen molar-refractivity contribution in [2.45, 2.75) is 11.9 Å². The number of halogens is 1. The lowest BCUT2D eigenvalue weighted by atomic mass is 10.2. The molecule has 3 rings (SSSR count). The highest BCUT2D eigenvalue weighted by Gasteiger charge is 2.25. The average Bonchev–Trinajstić information content (AvgIpc) is 3.16. The second kappa shape index (κ2) is 7.69. The number of aromatic amines is 1. The van der Waals surface area contributed by atoms with Crippen molar-refractivity contribution in [2.24, 2.45) is 0 Å². The molecule has 3 aromatic rings. The molecule has 1 amide bonds. The summed E-state index contributed by atoms with van der Waals surface area (Å²) in [6.07, 6.45) is 1.06. The molecule has 0 aliphatic heterocycles. The first-order valence-corrected chi connectivity index (χ1v) is 9.56. The van der Waals surface area contributed by atoms with E-state index in [4.69, 9.17) is 4.74 Å². The number of aromatic nitrogens is 2. The maximum Gasteiger partial charge on any atom is 0.279 e. The van der Waals surface area contributed by atoms with Crippen molar-refractivity contribution >= 4 is 27.3 Å². The summed E-state index contributed by atoms with van der Waals surface area (Å²) in [6.45, 7) is 1.87. The highest BCUT2D eigenvalue weighted by atomic mass is 32.2. The van der Waals surface area contributed by atoms with Gasteiger partial charge in [-0.3, -0.25) is 14.6 Å². The number of methoxy groups -OCH3 is 1. The topological polar surface area (TPSA) is 113 Å². The number of benzene rings is 2. The molecule has 0 bridgehead atoms. The van der Waals surface area contributed by atoms with E-state index in [0.29, 0.717) is 5.69 Å². The van der Waals surface area contributed by atoms with Crippen LogP contribution in [0.5, 0.6) is 5.75 Å². The van der Waals surface area contributed by atoms with Crippen LogP contribution >= 0.6 is 0 Å². The van der Waals surface area contributed by atoms with E-state index in [9.17, 15) is 17.6 Å². The third kappa shape index (κ3) is 4.12. The third-order valence-electron chi connectivity index (χ3n) is 3.85. The van der Waals surface area contributed by atoms with Crippen LogP contribution in [0.3, 0.4) is 0 Å². The zero-order valence-corrected chi connectivity index (χ0v) is 15.8. The average molecular weight is 404 g/mol. The maximum absolute atomic E-state index is 14.0. The summed E-state index contributed by atoms with van der Waals surface area (Å²) in [5.74, 6) is -1.27. The number of anilines is 2. The number of H-pyrrole nitrogens is 1. The van der Waals surface area contributed by atoms with Gasteiger partial charge in [0.05, 0.1) is 24.6 Å². The Morgan fingerprint density at radius 1 is 1.18 bits per heavy atom. The molecule has 1 heterocycles. The second-order valence-corrected chi connectivity index (χ2v) is 7.50. The Hall–Kier alpha value is -3.40. The minimum absolute atomic E-state index is 0.123. The van der Waals surface area contributed by atoms with Crippen LogP contribution in [-0.4, -0.2) is 31.6 Å². The van der Waals surface area contributed by atoms with E-state index in [2.05, 4.69) is 20.2 Å². The number of rotatable bonds is 6. The number of nitrogens with zero attached hydrogens (tertiary/aromatic N) is 1. The lowest BCUT2D eigenvalue weighted by Gasteiger charge is -2.10. The molecule has 0 atom stereocenters. The smallest absolute Gasteiger partial charge is 0.279 e. The van der Waals surface area contributed by atoms with Crippen molar-refractivity contribution in [3.8, 4) is 5.75 Å². The van der Waals surface area contributed by atoms with Crippen LogP contribution in [0.4, 0.5) is 15.8 Å². The molecule has 0 radical (unpaired) electrons. The maximum atomic E-state index is 14.0. The number of carbonyl (C=O) groups excluding carboxylic acids is 1. The molecule has 10 heteroatoms. The van der Waals surface area contributed by atoms with Gasteiger partial charge < -0.3 is 10.1 Å². The zero-order valence-electron chi connectivity index (χ0n) is 15.0. The fourth-order valence-electron chi connectivity index (χ4n) is 2.38. The molecule has 0 fully saturated rings. The van der Waals surface area contributed by atoms with Gasteiger partial charge in [0.15, 0.2) is 5.03 Å². The first-order chi connectivity index (χ1) is 13.3. The summed E-state index contributed by atoms with van der Waals surface area (Å²) < 4.78 is 46.6. The Balaban J connectivity index is 1.84. The Morgan fingerprint density at radius 3 is 2.54 bits per heavy atom. The van der Waals surface area contributed by atoms with Crippen molar-refractivity contribution in [1.29, 1.82) is 0 Å². The summed E-state index contributed by atoms with van der Waals surface area (Å²) in [6, 6.07) is 10.5. The van der Waals surface area contributed by atoms with Crippen molar-refractivity contribution in [2.75, 3.05) is 17.1 Å². The van der Waals surface area contributed by atoms with Crippen LogP contribution in [0.25, 0.3) is 0 Å². The van der Waals surface area contributed by atoms with Gasteiger partial charge in [0.2, 0.25) is 0 Å². The van der Waals surface area contributed by atoms with Gasteiger partial charge >= 0.3 is 0 Å². The number of carbonyl (C=O) groups is 1. The Bertz CT molecular complexity index is 1110. The normalized spacial score (nSPS) is 11.1. The summed E-state index contributed by atoms with van der Waals surface area (Å²) in [4.78, 5) is 12.5. The van der Waals surface area contributed by atoms with Crippen molar-refractivity contribution in [3.63, 3.8) is 0 Å². The minimum Gasteiger partial charge on any atom is -0.497 e. The van der Waals surface area contributed by atoms with Gasteiger partial charge in [0.1, 0.15) is 11.6 Å². The molecule has 2 aromatic carbocycles. The highest BCUT2D eigenvalue weighted by Crippen LogP contribution is 2.23. The van der Waals surface area contributed by atoms with E-state index in [0.717, 1.165) is 17.8 Å². The lowest BCUT2D eigenvalue weighted by molar-refractivity contribution is 0.102. The molecule has 8 nitrogen and oxygen atoms in total. The minimum atomic E-state index is -4.11. The summed E-state index contributed by atoms with van der Waals surface area (Å²) >= 11 is 0. The summed E-state index contributed by atoms with van der Waals surface area (Å²) in [7, 11) is -2.73. The highest BCUT2D eigenvalue weighted by molar-refractivity contribution is 7.92. The molecule has 0 aliphatic carbocycles. The van der Waals surface area contributed by atoms with Gasteiger partial charge in [-0.05, 0) is 31.2 Å². The van der Waals surface area contributed by atoms with Crippen LogP contribution < -0.4 is 14.8 Å². The Kier molecular flexibility index (Phi) is 5.32. The largest absolute Gasteiger partial charge is 0.497 e. The molecule has 28 heavy (non-hydrogen) atoms. The standard InChI is InChI=1S/C18H17FN4O4S/c1-11-3-5-12(6-4-11)23-28(25,26)18-14(10-20-22-18)17(24)21-16-8-7-13(27-2)9-15(16)19/h3-10,23H,1-2H3,(H,20,22)(H,21,24). The summed E-state index contributed by atoms with van der Waals surface area (Å²) in [5.41, 5.74) is 0.913. The lowest BCUT2D eigenvalue weighted by Crippen LogP contribution is -2.20. The van der Waals surface area contributed by atoms with Gasteiger partial charge in [0.25, 0.3) is 15.9 Å². The molecule has 1 aromatic heterocycles. The summed E-state index contributed by atoms with van der Waals surface area (Å²) in [5, 5.41) is 7.84. The van der Waals surface area contributed by atoms with E-state index < -0.39 is 26.8 Å². The first-order valence-electron chi connectivity index (χ1n) is 8.08. The second-order valence-electron chi connectivity index (χ2n) is 5.88. The molecule has 146 valence electrons. The molecule has 0 unspecified atom stereocenters. The van der Waals surface area contributed by atoms with Crippen molar-refractivity contribution in [3.05, 3.63) is 65.6 Å². The van der Waals surface area contributed by atoms with Gasteiger partial charge in [-0.15, -0.1) is 0 Å². The van der Waals surface area contributed by atoms with Crippen LogP contribution in [0.15, 0.2) is 53.7 Å². The Morgan fingerprint density at radius 2 is 1.89 bits per heavy atom. The van der Waals surface area contributed by atoms with E-state index in [1.807, 2.05) is 6.92 Å². The number of nitrogens with one attached hydrogen (secondary N) is 3. The quantitative estimate of drug-likeness (QED) is 0.585. The number of hydrogen-bond acceptors (Lipinski definition) is 5. The monoisotopic (exact) mass is 404 g/mol. The fourth-order valence-corrected chi connectivity index (χ4v) is 3.54. The van der Waals surface area contributed by atoms with Gasteiger partial charge in [-0.1, -0.05) is 17.7 Å². The third-order valence-corrected chi connectivity index (χ3v) is 5.20. The van der Waals surface area contributed by atoms with Crippen LogP contribution in [0.2, 0.25) is 0 Å². The van der Waals surface area contributed by atoms with Gasteiger partial charge in [-0.2, -0.15) is 13.5 Å². The number of amides is 1. The number of hydrogen-bond donors (Lipinski definition) is 3. The van der Waals surface area contributed by atoms with E-state index >= 15 is 0 Å². The fraction of sp³-hybridized carbons (Fsp3) is 0.111. The van der Waals surface area contributed by atoms with Crippen LogP contribution in [-0.2, 0) is 10.0 Å². The molecule has 0 saturated carbocycles. The zero-order chi connectivity index (χ0) is 20.3. The molecule has 0 aliphatic rings. The predicted octanol–water partition coefficient (Wildman–Crippen LogP) is 2.92. The molecule has 3 N–H and O–H groups in total. The predicted molar refractivity (Wildman–Crippen MR) is 101 cm³/mol.